The Morgan fingerprint density at radius 2 is 2.04 bits per heavy atom. The molecule has 0 spiro atoms. The Bertz CT molecular complexity index is 596. The lowest BCUT2D eigenvalue weighted by Gasteiger charge is -2.34. The molecule has 1 saturated carbocycles. The average Bonchev–Trinajstić information content (AvgIpc) is 3.37. The largest absolute Gasteiger partial charge is 0.365 e. The van der Waals surface area contributed by atoms with E-state index in [1.54, 1.807) is 0 Å². The Kier molecular flexibility index (Phi) is 4.90. The second-order valence-corrected chi connectivity index (χ2v) is 7.28. The summed E-state index contributed by atoms with van der Waals surface area (Å²) < 4.78 is 5.59. The van der Waals surface area contributed by atoms with Gasteiger partial charge in [-0.15, -0.1) is 0 Å². The summed E-state index contributed by atoms with van der Waals surface area (Å²) in [5.41, 5.74) is 0.729. The van der Waals surface area contributed by atoms with Crippen LogP contribution in [0, 0.1) is 5.92 Å². The number of amides is 2. The summed E-state index contributed by atoms with van der Waals surface area (Å²) in [6, 6.07) is 9.96. The van der Waals surface area contributed by atoms with E-state index < -0.39 is 0 Å². The van der Waals surface area contributed by atoms with Gasteiger partial charge in [0.15, 0.2) is 0 Å². The molecule has 1 aliphatic carbocycles. The number of ether oxygens (including phenoxy) is 1. The van der Waals surface area contributed by atoms with Gasteiger partial charge >= 0.3 is 0 Å². The Morgan fingerprint density at radius 1 is 1.33 bits per heavy atom. The van der Waals surface area contributed by atoms with Crippen molar-refractivity contribution >= 4 is 11.8 Å². The van der Waals surface area contributed by atoms with Crippen molar-refractivity contribution in [1.29, 1.82) is 0 Å². The molecule has 1 heterocycles. The third kappa shape index (κ3) is 3.61. The van der Waals surface area contributed by atoms with Crippen molar-refractivity contribution in [2.24, 2.45) is 5.92 Å². The van der Waals surface area contributed by atoms with Crippen molar-refractivity contribution in [3.8, 4) is 0 Å². The monoisotopic (exact) mass is 330 g/mol. The highest BCUT2D eigenvalue weighted by Gasteiger charge is 2.51. The summed E-state index contributed by atoms with van der Waals surface area (Å²) in [4.78, 5) is 26.4. The standard InChI is InChI=1S/C19H26N2O3/c1-14(2)11-21-12-16(24-13-17(21)22)10-20-18(23)19(8-9-19)15-6-4-3-5-7-15/h3-7,14,16H,8-13H2,1-2H3,(H,20,23). The molecule has 5 heteroatoms. The van der Waals surface area contributed by atoms with Crippen LogP contribution >= 0.6 is 0 Å². The van der Waals surface area contributed by atoms with Gasteiger partial charge in [-0.05, 0) is 24.3 Å². The first-order valence-electron chi connectivity index (χ1n) is 8.74. The molecule has 1 aromatic rings. The molecule has 3 rings (SSSR count). The van der Waals surface area contributed by atoms with Crippen LogP contribution in [-0.2, 0) is 19.7 Å². The van der Waals surface area contributed by atoms with E-state index in [0.717, 1.165) is 24.9 Å². The zero-order valence-corrected chi connectivity index (χ0v) is 14.5. The van der Waals surface area contributed by atoms with E-state index >= 15 is 0 Å². The van der Waals surface area contributed by atoms with E-state index in [4.69, 9.17) is 4.74 Å². The van der Waals surface area contributed by atoms with Gasteiger partial charge in [0, 0.05) is 19.6 Å². The van der Waals surface area contributed by atoms with Crippen molar-refractivity contribution in [2.45, 2.75) is 38.2 Å². The molecule has 1 atom stereocenters. The molecule has 1 aromatic carbocycles. The molecule has 2 fully saturated rings. The lowest BCUT2D eigenvalue weighted by atomic mass is 9.95. The van der Waals surface area contributed by atoms with E-state index in [1.165, 1.54) is 0 Å². The van der Waals surface area contributed by atoms with Crippen molar-refractivity contribution < 1.29 is 14.3 Å². The molecule has 0 radical (unpaired) electrons. The summed E-state index contributed by atoms with van der Waals surface area (Å²) in [7, 11) is 0. The maximum absolute atomic E-state index is 12.6. The smallest absolute Gasteiger partial charge is 0.248 e. The topological polar surface area (TPSA) is 58.6 Å². The number of rotatable bonds is 6. The van der Waals surface area contributed by atoms with Crippen LogP contribution in [0.25, 0.3) is 0 Å². The van der Waals surface area contributed by atoms with Crippen LogP contribution in [-0.4, -0.2) is 49.1 Å². The Balaban J connectivity index is 1.54. The minimum atomic E-state index is -0.358. The van der Waals surface area contributed by atoms with Crippen LogP contribution in [0.3, 0.4) is 0 Å². The second kappa shape index (κ2) is 6.93. The molecule has 1 aliphatic heterocycles. The summed E-state index contributed by atoms with van der Waals surface area (Å²) >= 11 is 0. The molecular formula is C19H26N2O3. The van der Waals surface area contributed by atoms with Gasteiger partial charge in [-0.1, -0.05) is 44.2 Å². The molecule has 5 nitrogen and oxygen atoms in total. The first kappa shape index (κ1) is 17.0. The number of hydrogen-bond acceptors (Lipinski definition) is 3. The van der Waals surface area contributed by atoms with Crippen LogP contribution in [0.5, 0.6) is 0 Å². The van der Waals surface area contributed by atoms with Crippen LogP contribution in [0.2, 0.25) is 0 Å². The van der Waals surface area contributed by atoms with Gasteiger partial charge in [-0.25, -0.2) is 0 Å². The van der Waals surface area contributed by atoms with Crippen molar-refractivity contribution in [2.75, 3.05) is 26.2 Å². The molecule has 1 saturated heterocycles. The minimum absolute atomic E-state index is 0.0363. The van der Waals surface area contributed by atoms with Gasteiger partial charge in [0.2, 0.25) is 11.8 Å². The SMILES string of the molecule is CC(C)CN1CC(CNC(=O)C2(c3ccccc3)CC2)OCC1=O. The van der Waals surface area contributed by atoms with Crippen molar-refractivity contribution in [3.63, 3.8) is 0 Å². The molecular weight excluding hydrogens is 304 g/mol. The first-order chi connectivity index (χ1) is 11.5. The third-order valence-corrected chi connectivity index (χ3v) is 4.81. The molecule has 2 amide bonds. The number of morpholine rings is 1. The van der Waals surface area contributed by atoms with E-state index in [2.05, 4.69) is 19.2 Å². The number of nitrogens with zero attached hydrogens (tertiary/aromatic N) is 1. The third-order valence-electron chi connectivity index (χ3n) is 4.81. The van der Waals surface area contributed by atoms with E-state index in [9.17, 15) is 9.59 Å². The number of carbonyl (C=O) groups is 2. The Hall–Kier alpha value is -1.88. The first-order valence-corrected chi connectivity index (χ1v) is 8.74. The number of carbonyl (C=O) groups excluding carboxylic acids is 2. The summed E-state index contributed by atoms with van der Waals surface area (Å²) in [6.07, 6.45) is 1.66. The van der Waals surface area contributed by atoms with Crippen LogP contribution in [0.1, 0.15) is 32.3 Å². The normalized spacial score (nSPS) is 22.5. The van der Waals surface area contributed by atoms with Crippen LogP contribution in [0.15, 0.2) is 30.3 Å². The van der Waals surface area contributed by atoms with Gasteiger partial charge in [-0.3, -0.25) is 9.59 Å². The number of nitrogens with one attached hydrogen (secondary N) is 1. The maximum atomic E-state index is 12.6. The highest BCUT2D eigenvalue weighted by molar-refractivity contribution is 5.91. The fourth-order valence-electron chi connectivity index (χ4n) is 3.33. The Morgan fingerprint density at radius 3 is 2.67 bits per heavy atom. The average molecular weight is 330 g/mol. The van der Waals surface area contributed by atoms with Gasteiger partial charge in [0.05, 0.1) is 11.5 Å². The predicted molar refractivity (Wildman–Crippen MR) is 91.5 cm³/mol. The zero-order chi connectivity index (χ0) is 17.2. The van der Waals surface area contributed by atoms with Crippen LogP contribution < -0.4 is 5.32 Å². The predicted octanol–water partition coefficient (Wildman–Crippen LogP) is 1.72. The van der Waals surface area contributed by atoms with Gasteiger partial charge in [-0.2, -0.15) is 0 Å². The molecule has 24 heavy (non-hydrogen) atoms. The fraction of sp³-hybridized carbons (Fsp3) is 0.579. The number of benzene rings is 1. The molecule has 2 aliphatic rings. The minimum Gasteiger partial charge on any atom is -0.365 e. The van der Waals surface area contributed by atoms with Crippen LogP contribution in [0.4, 0.5) is 0 Å². The Labute approximate surface area is 143 Å². The van der Waals surface area contributed by atoms with Gasteiger partial charge in [0.25, 0.3) is 0 Å². The highest BCUT2D eigenvalue weighted by atomic mass is 16.5. The fourth-order valence-corrected chi connectivity index (χ4v) is 3.33. The summed E-state index contributed by atoms with van der Waals surface area (Å²) in [6.45, 7) is 6.04. The van der Waals surface area contributed by atoms with Crippen molar-refractivity contribution in [1.82, 2.24) is 10.2 Å². The molecule has 1 N–H and O–H groups in total. The lowest BCUT2D eigenvalue weighted by molar-refractivity contribution is -0.149. The van der Waals surface area contributed by atoms with Gasteiger partial charge in [0.1, 0.15) is 6.61 Å². The van der Waals surface area contributed by atoms with E-state index in [0.29, 0.717) is 19.0 Å². The zero-order valence-electron chi connectivity index (χ0n) is 14.5. The molecule has 1 unspecified atom stereocenters. The van der Waals surface area contributed by atoms with E-state index in [-0.39, 0.29) is 29.9 Å². The summed E-state index contributed by atoms with van der Waals surface area (Å²) in [5, 5.41) is 3.04. The summed E-state index contributed by atoms with van der Waals surface area (Å²) in [5.74, 6) is 0.536. The van der Waals surface area contributed by atoms with Crippen molar-refractivity contribution in [3.05, 3.63) is 35.9 Å². The van der Waals surface area contributed by atoms with Gasteiger partial charge < -0.3 is 15.0 Å². The lowest BCUT2D eigenvalue weighted by Crippen LogP contribution is -2.52. The molecule has 130 valence electrons. The number of hydrogen-bond donors (Lipinski definition) is 1. The quantitative estimate of drug-likeness (QED) is 0.864. The second-order valence-electron chi connectivity index (χ2n) is 7.28. The molecule has 0 bridgehead atoms. The highest BCUT2D eigenvalue weighted by Crippen LogP contribution is 2.48. The maximum Gasteiger partial charge on any atom is 0.248 e. The molecule has 0 aromatic heterocycles. The van der Waals surface area contributed by atoms with E-state index in [1.807, 2.05) is 35.2 Å².